The fourth-order valence-electron chi connectivity index (χ4n) is 3.71. The van der Waals surface area contributed by atoms with Crippen LogP contribution in [0.4, 0.5) is 13.2 Å². The van der Waals surface area contributed by atoms with Crippen molar-refractivity contribution in [3.63, 3.8) is 0 Å². The van der Waals surface area contributed by atoms with E-state index in [0.29, 0.717) is 24.0 Å². The minimum Gasteiger partial charge on any atom is -0.508 e. The van der Waals surface area contributed by atoms with Gasteiger partial charge in [-0.2, -0.15) is 13.2 Å². The zero-order valence-corrected chi connectivity index (χ0v) is 15.4. The highest BCUT2D eigenvalue weighted by Crippen LogP contribution is 2.47. The summed E-state index contributed by atoms with van der Waals surface area (Å²) in [6.07, 6.45) is 0.424. The summed E-state index contributed by atoms with van der Waals surface area (Å²) < 4.78 is 39.6. The summed E-state index contributed by atoms with van der Waals surface area (Å²) >= 11 is 0. The summed E-state index contributed by atoms with van der Waals surface area (Å²) in [7, 11) is 0. The first-order valence-electron chi connectivity index (χ1n) is 9.13. The molecule has 2 N–H and O–H groups in total. The second-order valence-corrected chi connectivity index (χ2v) is 7.17. The number of benzene rings is 1. The van der Waals surface area contributed by atoms with Crippen LogP contribution >= 0.6 is 0 Å². The first-order valence-corrected chi connectivity index (χ1v) is 9.13. The normalized spacial score (nSPS) is 20.7. The summed E-state index contributed by atoms with van der Waals surface area (Å²) in [4.78, 5) is 0. The Kier molecular flexibility index (Phi) is 6.43. The molecular formula is C21H27F3O2. The van der Waals surface area contributed by atoms with E-state index in [4.69, 9.17) is 0 Å². The molecule has 0 amide bonds. The van der Waals surface area contributed by atoms with Crippen LogP contribution < -0.4 is 0 Å². The molecule has 5 heteroatoms. The molecule has 0 radical (unpaired) electrons. The average Bonchev–Trinajstić information content (AvgIpc) is 2.56. The van der Waals surface area contributed by atoms with E-state index >= 15 is 0 Å². The molecule has 1 aromatic rings. The smallest absolute Gasteiger partial charge is 0.412 e. The highest BCUT2D eigenvalue weighted by atomic mass is 19.4. The lowest BCUT2D eigenvalue weighted by molar-refractivity contribution is -0.0957. The van der Waals surface area contributed by atoms with Gasteiger partial charge in [-0.05, 0) is 44.6 Å². The van der Waals surface area contributed by atoms with Crippen molar-refractivity contribution < 1.29 is 23.4 Å². The number of hydrogen-bond acceptors (Lipinski definition) is 2. The zero-order valence-electron chi connectivity index (χ0n) is 15.4. The van der Waals surface area contributed by atoms with Gasteiger partial charge in [-0.25, -0.2) is 0 Å². The fourth-order valence-corrected chi connectivity index (χ4v) is 3.71. The Morgan fingerprint density at radius 3 is 2.50 bits per heavy atom. The lowest BCUT2D eigenvalue weighted by Gasteiger charge is -2.32. The molecule has 0 bridgehead atoms. The molecule has 0 fully saturated rings. The Bertz CT molecular complexity index is 689. The largest absolute Gasteiger partial charge is 0.508 e. The van der Waals surface area contributed by atoms with Crippen molar-refractivity contribution in [3.8, 4) is 11.5 Å². The highest BCUT2D eigenvalue weighted by Gasteiger charge is 2.39. The fraction of sp³-hybridized carbons (Fsp3) is 0.524. The minimum atomic E-state index is -4.37. The van der Waals surface area contributed by atoms with Gasteiger partial charge in [0.05, 0.1) is 0 Å². The van der Waals surface area contributed by atoms with Crippen molar-refractivity contribution in [1.29, 1.82) is 0 Å². The van der Waals surface area contributed by atoms with Crippen molar-refractivity contribution in [3.05, 3.63) is 47.1 Å². The maximum Gasteiger partial charge on any atom is 0.412 e. The van der Waals surface area contributed by atoms with Crippen molar-refractivity contribution >= 4 is 0 Å². The van der Waals surface area contributed by atoms with Crippen LogP contribution in [-0.4, -0.2) is 16.4 Å². The van der Waals surface area contributed by atoms with Crippen molar-refractivity contribution in [2.75, 3.05) is 0 Å². The monoisotopic (exact) mass is 368 g/mol. The van der Waals surface area contributed by atoms with E-state index in [9.17, 15) is 23.4 Å². The highest BCUT2D eigenvalue weighted by molar-refractivity contribution is 5.52. The van der Waals surface area contributed by atoms with E-state index < -0.39 is 17.7 Å². The van der Waals surface area contributed by atoms with Crippen molar-refractivity contribution in [2.45, 2.75) is 64.5 Å². The number of unbranched alkanes of at least 4 members (excludes halogenated alkanes) is 2. The first-order chi connectivity index (χ1) is 12.2. The van der Waals surface area contributed by atoms with Crippen LogP contribution in [0.5, 0.6) is 11.5 Å². The van der Waals surface area contributed by atoms with Gasteiger partial charge < -0.3 is 10.2 Å². The molecule has 1 aliphatic carbocycles. The molecule has 1 aliphatic rings. The van der Waals surface area contributed by atoms with E-state index in [2.05, 4.69) is 13.5 Å². The average molecular weight is 368 g/mol. The third kappa shape index (κ3) is 4.43. The molecule has 0 aliphatic heterocycles. The van der Waals surface area contributed by atoms with E-state index in [0.717, 1.165) is 24.8 Å². The number of phenols is 2. The molecule has 0 saturated carbocycles. The lowest BCUT2D eigenvalue weighted by Crippen LogP contribution is -2.23. The Morgan fingerprint density at radius 2 is 1.92 bits per heavy atom. The molecule has 0 aromatic heterocycles. The number of hydrogen-bond donors (Lipinski definition) is 2. The number of halogens is 3. The molecule has 0 spiro atoms. The van der Waals surface area contributed by atoms with Crippen LogP contribution in [0.15, 0.2) is 35.9 Å². The molecule has 0 heterocycles. The SMILES string of the molecule is C=C(C)[C@@H]1CCC(C(F)(F)F)=C[C@H]1c1ccc(O)c(CCCCC)c1O. The number of aromatic hydroxyl groups is 2. The molecule has 1 aromatic carbocycles. The third-order valence-corrected chi connectivity index (χ3v) is 5.21. The quantitative estimate of drug-likeness (QED) is 0.451. The molecule has 144 valence electrons. The second kappa shape index (κ2) is 8.19. The number of allylic oxidation sites excluding steroid dienone is 3. The van der Waals surface area contributed by atoms with Crippen molar-refractivity contribution in [2.24, 2.45) is 5.92 Å². The predicted octanol–water partition coefficient (Wildman–Crippen LogP) is 6.39. The van der Waals surface area contributed by atoms with E-state index in [-0.39, 0.29) is 23.8 Å². The van der Waals surface area contributed by atoms with Gasteiger partial charge in [-0.3, -0.25) is 0 Å². The van der Waals surface area contributed by atoms with Gasteiger partial charge >= 0.3 is 6.18 Å². The van der Waals surface area contributed by atoms with E-state index in [1.165, 1.54) is 18.2 Å². The summed E-state index contributed by atoms with van der Waals surface area (Å²) in [6, 6.07) is 3.01. The second-order valence-electron chi connectivity index (χ2n) is 7.17. The standard InChI is InChI=1S/C21H27F3O2/c1-4-5-6-7-17-19(25)11-10-16(20(17)26)18-12-14(21(22,23)24)8-9-15(18)13(2)3/h10-12,15,18,25-26H,2,4-9H2,1,3H3/t15-,18+/m0/s1. The van der Waals surface area contributed by atoms with Gasteiger partial charge in [0.1, 0.15) is 11.5 Å². The molecule has 2 nitrogen and oxygen atoms in total. The topological polar surface area (TPSA) is 40.5 Å². The van der Waals surface area contributed by atoms with Crippen LogP contribution in [0.25, 0.3) is 0 Å². The van der Waals surface area contributed by atoms with Gasteiger partial charge in [0.2, 0.25) is 0 Å². The van der Waals surface area contributed by atoms with Gasteiger partial charge in [0, 0.05) is 22.6 Å². The summed E-state index contributed by atoms with van der Waals surface area (Å²) in [5.41, 5.74) is 1.10. The molecule has 0 saturated heterocycles. The zero-order chi connectivity index (χ0) is 19.5. The van der Waals surface area contributed by atoms with Crippen LogP contribution in [0.1, 0.15) is 63.0 Å². The summed E-state index contributed by atoms with van der Waals surface area (Å²) in [5.74, 6) is -0.856. The van der Waals surface area contributed by atoms with E-state index in [1.807, 2.05) is 6.92 Å². The van der Waals surface area contributed by atoms with Crippen LogP contribution in [0.2, 0.25) is 0 Å². The first kappa shape index (κ1) is 20.4. The van der Waals surface area contributed by atoms with Gasteiger partial charge in [-0.1, -0.05) is 44.1 Å². The van der Waals surface area contributed by atoms with E-state index in [1.54, 1.807) is 0 Å². The molecule has 2 atom stereocenters. The lowest BCUT2D eigenvalue weighted by atomic mass is 9.73. The molecule has 26 heavy (non-hydrogen) atoms. The molecule has 2 rings (SSSR count). The number of alkyl halides is 3. The van der Waals surface area contributed by atoms with Crippen LogP contribution in [0.3, 0.4) is 0 Å². The van der Waals surface area contributed by atoms with Crippen LogP contribution in [0, 0.1) is 5.92 Å². The number of phenolic OH excluding ortho intramolecular Hbond substituents is 2. The third-order valence-electron chi connectivity index (χ3n) is 5.21. The summed E-state index contributed by atoms with van der Waals surface area (Å²) in [6.45, 7) is 7.79. The number of rotatable bonds is 6. The maximum absolute atomic E-state index is 13.2. The van der Waals surface area contributed by atoms with Gasteiger partial charge in [0.15, 0.2) is 0 Å². The Labute approximate surface area is 153 Å². The molecular weight excluding hydrogens is 341 g/mol. The Balaban J connectivity index is 2.48. The maximum atomic E-state index is 13.2. The Morgan fingerprint density at radius 1 is 1.23 bits per heavy atom. The van der Waals surface area contributed by atoms with Crippen LogP contribution in [-0.2, 0) is 6.42 Å². The predicted molar refractivity (Wildman–Crippen MR) is 97.4 cm³/mol. The van der Waals surface area contributed by atoms with Gasteiger partial charge in [0.25, 0.3) is 0 Å². The Hall–Kier alpha value is -1.91. The summed E-state index contributed by atoms with van der Waals surface area (Å²) in [5, 5.41) is 20.8. The van der Waals surface area contributed by atoms with Gasteiger partial charge in [-0.15, -0.1) is 0 Å². The van der Waals surface area contributed by atoms with Crippen molar-refractivity contribution in [1.82, 2.24) is 0 Å². The molecule has 0 unspecified atom stereocenters. The minimum absolute atomic E-state index is 0.00920.